The number of likely N-dealkylation sites (tertiary alicyclic amines) is 1. The topological polar surface area (TPSA) is 33.2 Å². The van der Waals surface area contributed by atoms with Crippen molar-refractivity contribution >= 4 is 33.2 Å². The minimum atomic E-state index is 0.0287. The van der Waals surface area contributed by atoms with E-state index in [4.69, 9.17) is 0 Å². The normalized spacial score (nSPS) is 23.5. The van der Waals surface area contributed by atoms with Gasteiger partial charge in [0, 0.05) is 30.6 Å². The zero-order valence-electron chi connectivity index (χ0n) is 8.52. The number of carbonyl (C=O) groups is 1. The Morgan fingerprint density at radius 2 is 2.60 bits per heavy atom. The van der Waals surface area contributed by atoms with Gasteiger partial charge in [-0.3, -0.25) is 4.79 Å². The van der Waals surface area contributed by atoms with Gasteiger partial charge in [0.2, 0.25) is 5.91 Å². The summed E-state index contributed by atoms with van der Waals surface area (Å²) in [4.78, 5) is 17.9. The molecule has 0 N–H and O–H groups in total. The van der Waals surface area contributed by atoms with Gasteiger partial charge in [0.1, 0.15) is 0 Å². The largest absolute Gasteiger partial charge is 0.341 e. The molecule has 1 aliphatic heterocycles. The van der Waals surface area contributed by atoms with E-state index in [1.54, 1.807) is 11.3 Å². The van der Waals surface area contributed by atoms with Crippen LogP contribution in [0.3, 0.4) is 0 Å². The van der Waals surface area contributed by atoms with E-state index in [0.717, 1.165) is 24.5 Å². The summed E-state index contributed by atoms with van der Waals surface area (Å²) in [6, 6.07) is 0. The second-order valence-electron chi connectivity index (χ2n) is 3.81. The Balaban J connectivity index is 1.95. The molecule has 0 bridgehead atoms. The van der Waals surface area contributed by atoms with Gasteiger partial charge in [0.15, 0.2) is 0 Å². The highest BCUT2D eigenvalue weighted by atomic mass is 79.9. The molecule has 15 heavy (non-hydrogen) atoms. The van der Waals surface area contributed by atoms with Gasteiger partial charge in [0.25, 0.3) is 0 Å². The molecule has 5 heteroatoms. The highest BCUT2D eigenvalue weighted by Gasteiger charge is 2.30. The van der Waals surface area contributed by atoms with Crippen molar-refractivity contribution in [2.24, 2.45) is 0 Å². The lowest BCUT2D eigenvalue weighted by Crippen LogP contribution is -2.31. The van der Waals surface area contributed by atoms with Crippen LogP contribution in [-0.2, 0) is 4.79 Å². The van der Waals surface area contributed by atoms with Crippen molar-refractivity contribution in [2.75, 3.05) is 13.1 Å². The van der Waals surface area contributed by atoms with E-state index in [1.165, 1.54) is 0 Å². The second-order valence-corrected chi connectivity index (χ2v) is 5.84. The number of hydrogen-bond acceptors (Lipinski definition) is 3. The summed E-state index contributed by atoms with van der Waals surface area (Å²) in [5.41, 5.74) is 0. The van der Waals surface area contributed by atoms with E-state index in [-0.39, 0.29) is 10.7 Å². The van der Waals surface area contributed by atoms with Crippen LogP contribution in [0.4, 0.5) is 0 Å². The standard InChI is InChI=1S/C10H13BrN2OS/c1-7(9-12-3-5-15-9)6-13-4-2-8(11)10(13)14/h3,5,7-8H,2,4,6H2,1H3. The predicted molar refractivity (Wildman–Crippen MR) is 64.4 cm³/mol. The molecule has 1 amide bonds. The first-order valence-corrected chi connectivity index (χ1v) is 6.80. The van der Waals surface area contributed by atoms with E-state index >= 15 is 0 Å². The number of halogens is 1. The van der Waals surface area contributed by atoms with E-state index in [0.29, 0.717) is 5.92 Å². The number of hydrogen-bond donors (Lipinski definition) is 0. The summed E-state index contributed by atoms with van der Waals surface area (Å²) < 4.78 is 0. The molecule has 1 fully saturated rings. The molecule has 82 valence electrons. The van der Waals surface area contributed by atoms with Gasteiger partial charge in [-0.2, -0.15) is 0 Å². The van der Waals surface area contributed by atoms with Gasteiger partial charge in [0.05, 0.1) is 9.83 Å². The fourth-order valence-corrected chi connectivity index (χ4v) is 2.95. The third-order valence-electron chi connectivity index (χ3n) is 2.60. The minimum Gasteiger partial charge on any atom is -0.341 e. The fraction of sp³-hybridized carbons (Fsp3) is 0.600. The van der Waals surface area contributed by atoms with Gasteiger partial charge < -0.3 is 4.90 Å². The van der Waals surface area contributed by atoms with Crippen LogP contribution >= 0.6 is 27.3 Å². The number of aromatic nitrogens is 1. The maximum Gasteiger partial charge on any atom is 0.236 e. The van der Waals surface area contributed by atoms with Gasteiger partial charge in [-0.1, -0.05) is 22.9 Å². The van der Waals surface area contributed by atoms with Crippen molar-refractivity contribution in [3.63, 3.8) is 0 Å². The molecule has 2 rings (SSSR count). The maximum absolute atomic E-state index is 11.7. The quantitative estimate of drug-likeness (QED) is 0.800. The third-order valence-corrected chi connectivity index (χ3v) is 4.46. The highest BCUT2D eigenvalue weighted by molar-refractivity contribution is 9.10. The molecule has 0 spiro atoms. The highest BCUT2D eigenvalue weighted by Crippen LogP contribution is 2.24. The van der Waals surface area contributed by atoms with E-state index < -0.39 is 0 Å². The molecule has 1 aromatic rings. The van der Waals surface area contributed by atoms with E-state index in [2.05, 4.69) is 27.8 Å². The zero-order chi connectivity index (χ0) is 10.8. The SMILES string of the molecule is CC(CN1CCC(Br)C1=O)c1nccs1. The Hall–Kier alpha value is -0.420. The number of rotatable bonds is 3. The molecule has 1 aliphatic rings. The Labute approximate surface area is 102 Å². The number of carbonyl (C=O) groups excluding carboxylic acids is 1. The molecule has 2 heterocycles. The molecule has 0 radical (unpaired) electrons. The van der Waals surface area contributed by atoms with Crippen molar-refractivity contribution in [3.05, 3.63) is 16.6 Å². The van der Waals surface area contributed by atoms with Crippen molar-refractivity contribution in [2.45, 2.75) is 24.1 Å². The van der Waals surface area contributed by atoms with Crippen molar-refractivity contribution in [1.29, 1.82) is 0 Å². The van der Waals surface area contributed by atoms with E-state index in [9.17, 15) is 4.79 Å². The van der Waals surface area contributed by atoms with Crippen LogP contribution in [0.2, 0.25) is 0 Å². The minimum absolute atomic E-state index is 0.0287. The summed E-state index contributed by atoms with van der Waals surface area (Å²) in [6.45, 7) is 3.77. The summed E-state index contributed by atoms with van der Waals surface area (Å²) in [5.74, 6) is 0.560. The van der Waals surface area contributed by atoms with Gasteiger partial charge in [-0.15, -0.1) is 11.3 Å². The van der Waals surface area contributed by atoms with Crippen molar-refractivity contribution in [3.8, 4) is 0 Å². The third kappa shape index (κ3) is 2.39. The molecule has 1 aromatic heterocycles. The zero-order valence-corrected chi connectivity index (χ0v) is 10.9. The molecule has 0 saturated carbocycles. The van der Waals surface area contributed by atoms with Crippen LogP contribution in [0.5, 0.6) is 0 Å². The summed E-state index contributed by atoms with van der Waals surface area (Å²) in [6.07, 6.45) is 2.74. The molecule has 2 atom stereocenters. The lowest BCUT2D eigenvalue weighted by Gasteiger charge is -2.19. The maximum atomic E-state index is 11.7. The molecule has 3 nitrogen and oxygen atoms in total. The first kappa shape index (κ1) is 11.1. The van der Waals surface area contributed by atoms with Crippen LogP contribution in [-0.4, -0.2) is 33.7 Å². The van der Waals surface area contributed by atoms with Crippen LogP contribution < -0.4 is 0 Å². The Morgan fingerprint density at radius 3 is 3.13 bits per heavy atom. The number of amides is 1. The Bertz CT molecular complexity index is 341. The van der Waals surface area contributed by atoms with Crippen molar-refractivity contribution in [1.82, 2.24) is 9.88 Å². The van der Waals surface area contributed by atoms with Crippen LogP contribution in [0.1, 0.15) is 24.3 Å². The average molecular weight is 289 g/mol. The van der Waals surface area contributed by atoms with Gasteiger partial charge in [-0.05, 0) is 6.42 Å². The fourth-order valence-electron chi connectivity index (χ4n) is 1.77. The lowest BCUT2D eigenvalue weighted by molar-refractivity contribution is -0.127. The summed E-state index contributed by atoms with van der Waals surface area (Å²) >= 11 is 5.03. The number of alkyl halides is 1. The van der Waals surface area contributed by atoms with E-state index in [1.807, 2.05) is 16.5 Å². The average Bonchev–Trinajstić information content (AvgIpc) is 2.83. The second kappa shape index (κ2) is 4.61. The molecular weight excluding hydrogens is 276 g/mol. The number of thiazole rings is 1. The summed E-state index contributed by atoms with van der Waals surface area (Å²) in [7, 11) is 0. The monoisotopic (exact) mass is 288 g/mol. The first-order valence-electron chi connectivity index (χ1n) is 5.00. The van der Waals surface area contributed by atoms with Gasteiger partial charge in [-0.25, -0.2) is 4.98 Å². The predicted octanol–water partition coefficient (Wildman–Crippen LogP) is 2.24. The van der Waals surface area contributed by atoms with Crippen LogP contribution in [0.15, 0.2) is 11.6 Å². The van der Waals surface area contributed by atoms with Gasteiger partial charge >= 0.3 is 0 Å². The molecule has 0 aliphatic carbocycles. The molecule has 0 aromatic carbocycles. The first-order chi connectivity index (χ1) is 7.18. The Morgan fingerprint density at radius 1 is 1.80 bits per heavy atom. The summed E-state index contributed by atoms with van der Waals surface area (Å²) in [5, 5.41) is 3.09. The van der Waals surface area contributed by atoms with Crippen molar-refractivity contribution < 1.29 is 4.79 Å². The number of nitrogens with zero attached hydrogens (tertiary/aromatic N) is 2. The van der Waals surface area contributed by atoms with Crippen LogP contribution in [0.25, 0.3) is 0 Å². The Kier molecular flexibility index (Phi) is 3.41. The van der Waals surface area contributed by atoms with Crippen LogP contribution in [0, 0.1) is 0 Å². The lowest BCUT2D eigenvalue weighted by atomic mass is 10.2. The molecule has 2 unspecified atom stereocenters. The molecule has 1 saturated heterocycles. The molecular formula is C10H13BrN2OS. The smallest absolute Gasteiger partial charge is 0.236 e.